The molecule has 0 radical (unpaired) electrons. The van der Waals surface area contributed by atoms with E-state index in [1.165, 1.54) is 0 Å². The van der Waals surface area contributed by atoms with Crippen molar-refractivity contribution in [2.75, 3.05) is 0 Å². The number of rotatable bonds is 6. The summed E-state index contributed by atoms with van der Waals surface area (Å²) in [7, 11) is 0. The highest BCUT2D eigenvalue weighted by Gasteiger charge is 2.15. The van der Waals surface area contributed by atoms with Crippen LogP contribution in [0.4, 0.5) is 0 Å². The minimum Gasteiger partial charge on any atom is -0.253 e. The molecule has 0 atom stereocenters. The molecule has 51 heavy (non-hydrogen) atoms. The van der Waals surface area contributed by atoms with E-state index in [4.69, 9.17) is 24.9 Å². The number of aryl methyl sites for hydroxylation is 1. The molecule has 9 rings (SSSR count). The minimum atomic E-state index is 0.539. The molecule has 6 heteroatoms. The molecule has 0 aliphatic rings. The van der Waals surface area contributed by atoms with Crippen molar-refractivity contribution >= 4 is 21.8 Å². The normalized spacial score (nSPS) is 11.2. The van der Waals surface area contributed by atoms with Crippen molar-refractivity contribution in [1.29, 1.82) is 0 Å². The summed E-state index contributed by atoms with van der Waals surface area (Å²) in [4.78, 5) is 29.0. The molecule has 0 unspecified atom stereocenters. The van der Waals surface area contributed by atoms with E-state index in [2.05, 4.69) is 102 Å². The van der Waals surface area contributed by atoms with Gasteiger partial charge in [-0.25, -0.2) is 19.9 Å². The van der Waals surface area contributed by atoms with Gasteiger partial charge in [0.1, 0.15) is 5.69 Å². The average molecular weight is 655 g/mol. The van der Waals surface area contributed by atoms with Crippen molar-refractivity contribution in [1.82, 2.24) is 29.9 Å². The van der Waals surface area contributed by atoms with Gasteiger partial charge < -0.3 is 0 Å². The SMILES string of the molecule is Cc1ccc2ccc3c(-c4ccc(-c5ccc(-c6nc(-c7ccccc7)nc(-c7ccccn7)n6)cc5)cc4)cc(-c4ccccc4)nc3c2n1. The molecule has 5 aromatic carbocycles. The monoisotopic (exact) mass is 654 g/mol. The van der Waals surface area contributed by atoms with Crippen LogP contribution in [0.25, 0.3) is 89.6 Å². The van der Waals surface area contributed by atoms with E-state index in [0.717, 1.165) is 72.1 Å². The lowest BCUT2D eigenvalue weighted by molar-refractivity contribution is 1.06. The Balaban J connectivity index is 1.08. The lowest BCUT2D eigenvalue weighted by atomic mass is 9.95. The molecule has 9 aromatic rings. The van der Waals surface area contributed by atoms with Crippen LogP contribution in [0, 0.1) is 6.92 Å². The van der Waals surface area contributed by atoms with Gasteiger partial charge in [-0.3, -0.25) is 9.97 Å². The van der Waals surface area contributed by atoms with E-state index in [9.17, 15) is 0 Å². The Morgan fingerprint density at radius 2 is 0.941 bits per heavy atom. The van der Waals surface area contributed by atoms with E-state index >= 15 is 0 Å². The first-order valence-electron chi connectivity index (χ1n) is 16.9. The molecule has 0 bridgehead atoms. The van der Waals surface area contributed by atoms with Crippen LogP contribution in [0.5, 0.6) is 0 Å². The van der Waals surface area contributed by atoms with Gasteiger partial charge in [-0.1, -0.05) is 133 Å². The standard InChI is InChI=1S/C45H30N6/c1-29-15-16-34-25-26-37-38(28-40(33-10-4-2-5-11-33)48-42(37)41(34)47-29)32-21-17-30(18-22-32)31-19-23-36(24-20-31)44-49-43(35-12-6-3-7-13-35)50-45(51-44)39-14-8-9-27-46-39/h2-28H,1H3. The summed E-state index contributed by atoms with van der Waals surface area (Å²) in [6, 6.07) is 53.8. The zero-order chi connectivity index (χ0) is 34.1. The number of pyridine rings is 3. The number of hydrogen-bond acceptors (Lipinski definition) is 6. The molecule has 0 amide bonds. The fourth-order valence-corrected chi connectivity index (χ4v) is 6.45. The minimum absolute atomic E-state index is 0.539. The van der Waals surface area contributed by atoms with E-state index in [1.54, 1.807) is 6.20 Å². The second-order valence-electron chi connectivity index (χ2n) is 12.4. The van der Waals surface area contributed by atoms with Crippen LogP contribution in [0.1, 0.15) is 5.69 Å². The van der Waals surface area contributed by atoms with Crippen molar-refractivity contribution in [3.63, 3.8) is 0 Å². The van der Waals surface area contributed by atoms with Crippen LogP contribution in [-0.2, 0) is 0 Å². The first kappa shape index (κ1) is 30.2. The summed E-state index contributed by atoms with van der Waals surface area (Å²) in [5, 5.41) is 2.16. The molecule has 6 nitrogen and oxygen atoms in total. The summed E-state index contributed by atoms with van der Waals surface area (Å²) in [5.41, 5.74) is 11.8. The summed E-state index contributed by atoms with van der Waals surface area (Å²) >= 11 is 0. The summed E-state index contributed by atoms with van der Waals surface area (Å²) in [6.07, 6.45) is 1.75. The molecule has 0 fully saturated rings. The van der Waals surface area contributed by atoms with Crippen LogP contribution in [0.15, 0.2) is 164 Å². The van der Waals surface area contributed by atoms with Gasteiger partial charge in [-0.15, -0.1) is 0 Å². The Morgan fingerprint density at radius 3 is 1.61 bits per heavy atom. The summed E-state index contributed by atoms with van der Waals surface area (Å²) < 4.78 is 0. The maximum Gasteiger partial charge on any atom is 0.182 e. The third-order valence-corrected chi connectivity index (χ3v) is 9.08. The van der Waals surface area contributed by atoms with Crippen molar-refractivity contribution in [3.05, 3.63) is 170 Å². The van der Waals surface area contributed by atoms with Gasteiger partial charge in [0.15, 0.2) is 17.5 Å². The Kier molecular flexibility index (Phi) is 7.59. The van der Waals surface area contributed by atoms with Crippen LogP contribution >= 0.6 is 0 Å². The van der Waals surface area contributed by atoms with Crippen molar-refractivity contribution in [3.8, 4) is 67.8 Å². The highest BCUT2D eigenvalue weighted by molar-refractivity contribution is 6.09. The quantitative estimate of drug-likeness (QED) is 0.166. The maximum atomic E-state index is 5.16. The molecule has 0 aliphatic carbocycles. The second-order valence-corrected chi connectivity index (χ2v) is 12.4. The van der Waals surface area contributed by atoms with Gasteiger partial charge in [-0.05, 0) is 53.4 Å². The van der Waals surface area contributed by atoms with Crippen molar-refractivity contribution in [2.24, 2.45) is 0 Å². The zero-order valence-corrected chi connectivity index (χ0v) is 27.8. The first-order valence-corrected chi connectivity index (χ1v) is 16.9. The Labute approximate surface area is 295 Å². The smallest absolute Gasteiger partial charge is 0.182 e. The average Bonchev–Trinajstić information content (AvgIpc) is 3.21. The lowest BCUT2D eigenvalue weighted by Gasteiger charge is -2.13. The van der Waals surface area contributed by atoms with Gasteiger partial charge in [0.05, 0.1) is 16.7 Å². The number of aromatic nitrogens is 6. The predicted molar refractivity (Wildman–Crippen MR) is 206 cm³/mol. The maximum absolute atomic E-state index is 5.16. The Bertz CT molecular complexity index is 2600. The fourth-order valence-electron chi connectivity index (χ4n) is 6.45. The third-order valence-electron chi connectivity index (χ3n) is 9.08. The highest BCUT2D eigenvalue weighted by Crippen LogP contribution is 2.36. The molecular formula is C45H30N6. The lowest BCUT2D eigenvalue weighted by Crippen LogP contribution is -2.00. The van der Waals surface area contributed by atoms with Crippen LogP contribution in [0.2, 0.25) is 0 Å². The van der Waals surface area contributed by atoms with E-state index < -0.39 is 0 Å². The molecule has 0 saturated carbocycles. The van der Waals surface area contributed by atoms with Gasteiger partial charge in [-0.2, -0.15) is 0 Å². The van der Waals surface area contributed by atoms with E-state index in [-0.39, 0.29) is 0 Å². The molecule has 4 aromatic heterocycles. The largest absolute Gasteiger partial charge is 0.253 e. The van der Waals surface area contributed by atoms with Crippen LogP contribution in [-0.4, -0.2) is 29.9 Å². The van der Waals surface area contributed by atoms with E-state index in [0.29, 0.717) is 23.2 Å². The van der Waals surface area contributed by atoms with Crippen molar-refractivity contribution in [2.45, 2.75) is 6.92 Å². The molecule has 0 aliphatic heterocycles. The Morgan fingerprint density at radius 1 is 0.373 bits per heavy atom. The van der Waals surface area contributed by atoms with Gasteiger partial charge in [0.2, 0.25) is 0 Å². The second kappa shape index (κ2) is 12.8. The first-order chi connectivity index (χ1) is 25.2. The van der Waals surface area contributed by atoms with Crippen LogP contribution in [0.3, 0.4) is 0 Å². The highest BCUT2D eigenvalue weighted by atomic mass is 15.0. The molecule has 240 valence electrons. The number of hydrogen-bond donors (Lipinski definition) is 0. The molecule has 0 N–H and O–H groups in total. The van der Waals surface area contributed by atoms with Gasteiger partial charge in [0.25, 0.3) is 0 Å². The van der Waals surface area contributed by atoms with Gasteiger partial charge in [0, 0.05) is 39.4 Å². The topological polar surface area (TPSA) is 77.3 Å². The van der Waals surface area contributed by atoms with Crippen LogP contribution < -0.4 is 0 Å². The Hall–Kier alpha value is -6.92. The molecule has 4 heterocycles. The van der Waals surface area contributed by atoms with E-state index in [1.807, 2.05) is 67.6 Å². The number of nitrogens with zero attached hydrogens (tertiary/aromatic N) is 6. The third kappa shape index (κ3) is 5.89. The molecule has 0 spiro atoms. The zero-order valence-electron chi connectivity index (χ0n) is 27.8. The number of benzene rings is 5. The predicted octanol–water partition coefficient (Wildman–Crippen LogP) is 10.7. The summed E-state index contributed by atoms with van der Waals surface area (Å²) in [6.45, 7) is 2.02. The fraction of sp³-hybridized carbons (Fsp3) is 0.0222. The summed E-state index contributed by atoms with van der Waals surface area (Å²) in [5.74, 6) is 1.75. The molecule has 0 saturated heterocycles. The van der Waals surface area contributed by atoms with Crippen molar-refractivity contribution < 1.29 is 0 Å². The molecular weight excluding hydrogens is 625 g/mol. The number of fused-ring (bicyclic) bond motifs is 3. The van der Waals surface area contributed by atoms with Gasteiger partial charge >= 0.3 is 0 Å².